The van der Waals surface area contributed by atoms with E-state index in [1.165, 1.54) is 29.2 Å². The summed E-state index contributed by atoms with van der Waals surface area (Å²) in [6, 6.07) is 25.2. The van der Waals surface area contributed by atoms with Gasteiger partial charge < -0.3 is 20.6 Å². The van der Waals surface area contributed by atoms with E-state index in [9.17, 15) is 19.2 Å². The molecule has 8 nitrogen and oxygen atoms in total. The average molecular weight is 514 g/mol. The van der Waals surface area contributed by atoms with Gasteiger partial charge in [-0.15, -0.1) is 0 Å². The first kappa shape index (κ1) is 26.6. The molecule has 4 rings (SSSR count). The number of carbonyl (C=O) groups is 4. The Morgan fingerprint density at radius 1 is 0.658 bits per heavy atom. The van der Waals surface area contributed by atoms with Crippen molar-refractivity contribution < 1.29 is 24.3 Å². The minimum absolute atomic E-state index is 0.0781. The van der Waals surface area contributed by atoms with Crippen LogP contribution in [-0.4, -0.2) is 59.9 Å². The number of nitrogens with zero attached hydrogens (tertiary/aromatic N) is 1. The highest BCUT2D eigenvalue weighted by Crippen LogP contribution is 2.26. The lowest BCUT2D eigenvalue weighted by atomic mass is 9.94. The highest BCUT2D eigenvalue weighted by Gasteiger charge is 2.43. The molecule has 38 heavy (non-hydrogen) atoms. The second-order valence-corrected chi connectivity index (χ2v) is 9.36. The molecule has 0 saturated carbocycles. The lowest BCUT2D eigenvalue weighted by Crippen LogP contribution is -2.42. The van der Waals surface area contributed by atoms with E-state index < -0.39 is 17.8 Å². The Balaban J connectivity index is 1.42. The first-order chi connectivity index (χ1) is 18.4. The molecule has 1 saturated heterocycles. The predicted octanol–water partition coefficient (Wildman–Crippen LogP) is 2.79. The molecule has 3 aromatic rings. The van der Waals surface area contributed by atoms with E-state index in [-0.39, 0.29) is 36.4 Å². The summed E-state index contributed by atoms with van der Waals surface area (Å²) in [5, 5.41) is 15.0. The zero-order valence-corrected chi connectivity index (χ0v) is 21.0. The van der Waals surface area contributed by atoms with Gasteiger partial charge in [0.15, 0.2) is 0 Å². The first-order valence-electron chi connectivity index (χ1n) is 12.7. The third-order valence-corrected chi connectivity index (χ3v) is 6.77. The van der Waals surface area contributed by atoms with Crippen LogP contribution in [0.15, 0.2) is 84.9 Å². The van der Waals surface area contributed by atoms with Gasteiger partial charge in [0.25, 0.3) is 5.91 Å². The first-order valence-corrected chi connectivity index (χ1v) is 12.7. The number of carboxylic acid groups (broad SMARTS) is 1. The van der Waals surface area contributed by atoms with Gasteiger partial charge in [0.05, 0.1) is 17.4 Å². The number of amides is 3. The summed E-state index contributed by atoms with van der Waals surface area (Å²) in [4.78, 5) is 52.2. The van der Waals surface area contributed by atoms with E-state index >= 15 is 0 Å². The van der Waals surface area contributed by atoms with Crippen molar-refractivity contribution in [2.24, 2.45) is 11.8 Å². The van der Waals surface area contributed by atoms with Crippen molar-refractivity contribution in [2.45, 2.75) is 12.8 Å². The molecule has 0 bridgehead atoms. The zero-order valence-electron chi connectivity index (χ0n) is 21.0. The van der Waals surface area contributed by atoms with Crippen molar-refractivity contribution in [1.29, 1.82) is 0 Å². The van der Waals surface area contributed by atoms with Crippen LogP contribution in [0.1, 0.15) is 31.8 Å². The topological polar surface area (TPSA) is 116 Å². The molecular formula is C30H31N3O5. The zero-order chi connectivity index (χ0) is 26.9. The smallest absolute Gasteiger partial charge is 0.335 e. The molecule has 0 spiro atoms. The van der Waals surface area contributed by atoms with Gasteiger partial charge in [-0.1, -0.05) is 60.7 Å². The van der Waals surface area contributed by atoms with Crippen LogP contribution in [0, 0.1) is 11.8 Å². The van der Waals surface area contributed by atoms with E-state index in [0.29, 0.717) is 31.5 Å². The van der Waals surface area contributed by atoms with Gasteiger partial charge in [0.1, 0.15) is 0 Å². The molecule has 1 aliphatic heterocycles. The van der Waals surface area contributed by atoms with E-state index in [4.69, 9.17) is 5.11 Å². The Bertz CT molecular complexity index is 1200. The number of benzene rings is 3. The Labute approximate surface area is 221 Å². The van der Waals surface area contributed by atoms with Gasteiger partial charge in [-0.2, -0.15) is 0 Å². The predicted molar refractivity (Wildman–Crippen MR) is 143 cm³/mol. The summed E-state index contributed by atoms with van der Waals surface area (Å²) in [5.41, 5.74) is 2.57. The average Bonchev–Trinajstić information content (AvgIpc) is 3.40. The monoisotopic (exact) mass is 513 g/mol. The summed E-state index contributed by atoms with van der Waals surface area (Å²) >= 11 is 0. The maximum Gasteiger partial charge on any atom is 0.335 e. The second kappa shape index (κ2) is 12.7. The van der Waals surface area contributed by atoms with Gasteiger partial charge in [-0.25, -0.2) is 4.79 Å². The number of carboxylic acids is 1. The molecule has 196 valence electrons. The lowest BCUT2D eigenvalue weighted by Gasteiger charge is -2.17. The molecule has 8 heteroatoms. The Kier molecular flexibility index (Phi) is 8.87. The van der Waals surface area contributed by atoms with Crippen LogP contribution in [-0.2, 0) is 22.4 Å². The molecule has 1 heterocycles. The molecule has 2 atom stereocenters. The van der Waals surface area contributed by atoms with Gasteiger partial charge in [-0.3, -0.25) is 14.4 Å². The summed E-state index contributed by atoms with van der Waals surface area (Å²) in [6.45, 7) is 1.06. The fourth-order valence-corrected chi connectivity index (χ4v) is 4.65. The maximum atomic E-state index is 13.2. The number of hydrogen-bond donors (Lipinski definition) is 3. The SMILES string of the molecule is O=C(O)c1ccc(C(=O)N2CC(C(=O)NCCc3ccccc3)C(C(=O)NCCc3ccccc3)C2)cc1. The molecule has 2 unspecified atom stereocenters. The van der Waals surface area contributed by atoms with Crippen LogP contribution < -0.4 is 10.6 Å². The lowest BCUT2D eigenvalue weighted by molar-refractivity contribution is -0.132. The number of hydrogen-bond acceptors (Lipinski definition) is 4. The van der Waals surface area contributed by atoms with E-state index in [1.54, 1.807) is 0 Å². The number of aromatic carboxylic acids is 1. The molecule has 1 fully saturated rings. The fourth-order valence-electron chi connectivity index (χ4n) is 4.65. The van der Waals surface area contributed by atoms with Crippen molar-refractivity contribution in [3.8, 4) is 0 Å². The standard InChI is InChI=1S/C30H31N3O5/c34-27(31-17-15-21-7-3-1-4-8-21)25-19-33(29(36)23-11-13-24(14-12-23)30(37)38)20-26(25)28(35)32-18-16-22-9-5-2-6-10-22/h1-14,25-26H,15-20H2,(H,31,34)(H,32,35)(H,37,38). The van der Waals surface area contributed by atoms with E-state index in [0.717, 1.165) is 11.1 Å². The Morgan fingerprint density at radius 2 is 1.08 bits per heavy atom. The summed E-state index contributed by atoms with van der Waals surface area (Å²) in [6.07, 6.45) is 1.32. The minimum Gasteiger partial charge on any atom is -0.478 e. The van der Waals surface area contributed by atoms with Crippen LogP contribution in [0.2, 0.25) is 0 Å². The van der Waals surface area contributed by atoms with Crippen molar-refractivity contribution in [1.82, 2.24) is 15.5 Å². The van der Waals surface area contributed by atoms with Crippen LogP contribution in [0.4, 0.5) is 0 Å². The fraction of sp³-hybridized carbons (Fsp3) is 0.267. The summed E-state index contributed by atoms with van der Waals surface area (Å²) in [5.74, 6) is -3.33. The summed E-state index contributed by atoms with van der Waals surface area (Å²) < 4.78 is 0. The van der Waals surface area contributed by atoms with E-state index in [1.807, 2.05) is 60.7 Å². The molecule has 1 aliphatic rings. The van der Waals surface area contributed by atoms with Gasteiger partial charge in [-0.05, 0) is 48.2 Å². The quantitative estimate of drug-likeness (QED) is 0.386. The summed E-state index contributed by atoms with van der Waals surface area (Å²) in [7, 11) is 0. The van der Waals surface area contributed by atoms with Crippen LogP contribution in [0.5, 0.6) is 0 Å². The largest absolute Gasteiger partial charge is 0.478 e. The molecule has 3 amide bonds. The molecule has 3 N–H and O–H groups in total. The van der Waals surface area contributed by atoms with Crippen LogP contribution in [0.25, 0.3) is 0 Å². The molecule has 0 aliphatic carbocycles. The van der Waals surface area contributed by atoms with Crippen LogP contribution in [0.3, 0.4) is 0 Å². The number of likely N-dealkylation sites (tertiary alicyclic amines) is 1. The van der Waals surface area contributed by atoms with Crippen LogP contribution >= 0.6 is 0 Å². The van der Waals surface area contributed by atoms with Crippen molar-refractivity contribution >= 4 is 23.7 Å². The molecule has 0 aromatic heterocycles. The minimum atomic E-state index is -1.08. The highest BCUT2D eigenvalue weighted by molar-refractivity contribution is 5.98. The van der Waals surface area contributed by atoms with Gasteiger partial charge in [0.2, 0.25) is 11.8 Å². The Hall–Kier alpha value is -4.46. The number of rotatable bonds is 10. The normalized spacial score (nSPS) is 16.6. The molecule has 0 radical (unpaired) electrons. The maximum absolute atomic E-state index is 13.2. The van der Waals surface area contributed by atoms with Crippen molar-refractivity contribution in [3.63, 3.8) is 0 Å². The molecular weight excluding hydrogens is 482 g/mol. The number of nitrogens with one attached hydrogen (secondary N) is 2. The highest BCUT2D eigenvalue weighted by atomic mass is 16.4. The third-order valence-electron chi connectivity index (χ3n) is 6.77. The van der Waals surface area contributed by atoms with Gasteiger partial charge >= 0.3 is 5.97 Å². The number of carbonyl (C=O) groups excluding carboxylic acids is 3. The molecule has 3 aromatic carbocycles. The van der Waals surface area contributed by atoms with Crippen molar-refractivity contribution in [2.75, 3.05) is 26.2 Å². The Morgan fingerprint density at radius 3 is 1.50 bits per heavy atom. The third kappa shape index (κ3) is 6.85. The van der Waals surface area contributed by atoms with Crippen molar-refractivity contribution in [3.05, 3.63) is 107 Å². The van der Waals surface area contributed by atoms with Gasteiger partial charge in [0, 0.05) is 31.7 Å². The van der Waals surface area contributed by atoms with E-state index in [2.05, 4.69) is 10.6 Å². The second-order valence-electron chi connectivity index (χ2n) is 9.36.